The number of hydrogen-bond acceptors (Lipinski definition) is 3. The van der Waals surface area contributed by atoms with Gasteiger partial charge in [-0.25, -0.2) is 0 Å². The highest BCUT2D eigenvalue weighted by Crippen LogP contribution is 2.36. The maximum atomic E-state index is 13.5. The van der Waals surface area contributed by atoms with E-state index >= 15 is 0 Å². The Morgan fingerprint density at radius 2 is 1.77 bits per heavy atom. The third-order valence-electron chi connectivity index (χ3n) is 6.68. The number of rotatable bonds is 2. The van der Waals surface area contributed by atoms with Crippen LogP contribution in [0.4, 0.5) is 0 Å². The summed E-state index contributed by atoms with van der Waals surface area (Å²) in [5.74, 6) is 0.756. The molecular weight excluding hydrogens is 388 g/mol. The zero-order valence-electron chi connectivity index (χ0n) is 17.0. The smallest absolute Gasteiger partial charge is 0.289 e. The Hall–Kier alpha value is -3.60. The molecular formula is C26H22N2O3. The topological polar surface area (TPSA) is 55.5 Å². The first-order valence-electron chi connectivity index (χ1n) is 10.7. The van der Waals surface area contributed by atoms with Crippen molar-refractivity contribution in [3.63, 3.8) is 0 Å². The third kappa shape index (κ3) is 3.00. The van der Waals surface area contributed by atoms with Gasteiger partial charge in [-0.3, -0.25) is 9.59 Å². The second-order valence-electron chi connectivity index (χ2n) is 8.64. The van der Waals surface area contributed by atoms with Gasteiger partial charge in [-0.05, 0) is 59.0 Å². The summed E-state index contributed by atoms with van der Waals surface area (Å²) in [7, 11) is 0. The van der Waals surface area contributed by atoms with Gasteiger partial charge in [-0.2, -0.15) is 0 Å². The maximum Gasteiger partial charge on any atom is 0.289 e. The van der Waals surface area contributed by atoms with Crippen LogP contribution < -0.4 is 5.56 Å². The van der Waals surface area contributed by atoms with Crippen molar-refractivity contribution in [2.75, 3.05) is 13.1 Å². The molecule has 4 aromatic rings. The number of furan rings is 1. The zero-order chi connectivity index (χ0) is 20.9. The molecule has 5 nitrogen and oxygen atoms in total. The molecule has 1 amide bonds. The van der Waals surface area contributed by atoms with Crippen LogP contribution in [-0.4, -0.2) is 28.5 Å². The van der Waals surface area contributed by atoms with Gasteiger partial charge in [0.25, 0.3) is 11.5 Å². The van der Waals surface area contributed by atoms with Gasteiger partial charge >= 0.3 is 0 Å². The standard InChI is InChI=1S/C26H22N2O3/c29-25-22(20-8-7-18-4-1-2-5-19(18)13-20)9-10-23-21-12-17(15-28(23)25)14-27(16-21)26(30)24-6-3-11-31-24/h1-11,13,17,21H,12,14-16H2/t17-,21-/m1/s1. The maximum absolute atomic E-state index is 13.5. The molecule has 154 valence electrons. The van der Waals surface area contributed by atoms with Gasteiger partial charge in [0, 0.05) is 36.8 Å². The number of pyridine rings is 1. The molecule has 6 rings (SSSR count). The van der Waals surface area contributed by atoms with E-state index in [2.05, 4.69) is 30.3 Å². The lowest BCUT2D eigenvalue weighted by molar-refractivity contribution is 0.0564. The number of nitrogens with zero attached hydrogens (tertiary/aromatic N) is 2. The van der Waals surface area contributed by atoms with E-state index in [1.54, 1.807) is 12.1 Å². The first-order valence-corrected chi connectivity index (χ1v) is 10.7. The van der Waals surface area contributed by atoms with E-state index in [-0.39, 0.29) is 23.3 Å². The minimum atomic E-state index is -0.0664. The Morgan fingerprint density at radius 1 is 0.903 bits per heavy atom. The number of aromatic nitrogens is 1. The summed E-state index contributed by atoms with van der Waals surface area (Å²) in [6, 6.07) is 21.9. The molecule has 0 saturated carbocycles. The SMILES string of the molecule is O=C(c1ccco1)N1C[C@H]2C[C@H](C1)c1ccc(-c3ccc4ccccc4c3)c(=O)n1C2. The van der Waals surface area contributed by atoms with E-state index in [0.717, 1.165) is 28.6 Å². The van der Waals surface area contributed by atoms with Gasteiger partial charge in [0.1, 0.15) is 0 Å². The number of carbonyl (C=O) groups excluding carboxylic acids is 1. The Kier molecular flexibility index (Phi) is 4.10. The van der Waals surface area contributed by atoms with Crippen LogP contribution in [0.1, 0.15) is 28.6 Å². The van der Waals surface area contributed by atoms with E-state index in [0.29, 0.717) is 25.4 Å². The number of carbonyl (C=O) groups is 1. The fourth-order valence-corrected chi connectivity index (χ4v) is 5.24. The van der Waals surface area contributed by atoms with Gasteiger partial charge in [-0.15, -0.1) is 0 Å². The highest BCUT2D eigenvalue weighted by molar-refractivity contribution is 5.91. The molecule has 2 atom stereocenters. The third-order valence-corrected chi connectivity index (χ3v) is 6.68. The highest BCUT2D eigenvalue weighted by atomic mass is 16.3. The lowest BCUT2D eigenvalue weighted by Crippen LogP contribution is -2.49. The minimum absolute atomic E-state index is 0.0632. The minimum Gasteiger partial charge on any atom is -0.459 e. The summed E-state index contributed by atoms with van der Waals surface area (Å²) in [6.07, 6.45) is 2.54. The largest absolute Gasteiger partial charge is 0.459 e. The molecule has 0 aliphatic carbocycles. The predicted molar refractivity (Wildman–Crippen MR) is 119 cm³/mol. The first-order chi connectivity index (χ1) is 15.2. The average molecular weight is 410 g/mol. The van der Waals surface area contributed by atoms with Crippen LogP contribution in [0.2, 0.25) is 0 Å². The Labute approximate surface area is 179 Å². The molecule has 0 N–H and O–H groups in total. The monoisotopic (exact) mass is 410 g/mol. The van der Waals surface area contributed by atoms with E-state index in [4.69, 9.17) is 4.42 Å². The second-order valence-corrected chi connectivity index (χ2v) is 8.64. The van der Waals surface area contributed by atoms with Crippen LogP contribution in [-0.2, 0) is 6.54 Å². The van der Waals surface area contributed by atoms with E-state index in [1.807, 2.05) is 33.7 Å². The van der Waals surface area contributed by atoms with Crippen molar-refractivity contribution in [2.24, 2.45) is 5.92 Å². The van der Waals surface area contributed by atoms with Crippen molar-refractivity contribution < 1.29 is 9.21 Å². The van der Waals surface area contributed by atoms with E-state index in [9.17, 15) is 9.59 Å². The van der Waals surface area contributed by atoms with Crippen molar-refractivity contribution in [3.05, 3.63) is 94.8 Å². The molecule has 31 heavy (non-hydrogen) atoms. The summed E-state index contributed by atoms with van der Waals surface area (Å²) in [6.45, 7) is 1.92. The van der Waals surface area contributed by atoms with Crippen LogP contribution in [0, 0.1) is 5.92 Å². The van der Waals surface area contributed by atoms with E-state index in [1.165, 1.54) is 11.6 Å². The number of fused-ring (bicyclic) bond motifs is 5. The number of piperidine rings is 1. The van der Waals surface area contributed by atoms with Gasteiger partial charge < -0.3 is 13.9 Å². The number of benzene rings is 2. The van der Waals surface area contributed by atoms with Crippen LogP contribution >= 0.6 is 0 Å². The molecule has 5 heteroatoms. The van der Waals surface area contributed by atoms with Gasteiger partial charge in [0.2, 0.25) is 0 Å². The Balaban J connectivity index is 1.35. The molecule has 1 fully saturated rings. The van der Waals surface area contributed by atoms with Gasteiger partial charge in [0.05, 0.1) is 6.26 Å². The molecule has 2 bridgehead atoms. The number of likely N-dealkylation sites (tertiary alicyclic amines) is 1. The van der Waals surface area contributed by atoms with Crippen molar-refractivity contribution in [2.45, 2.75) is 18.9 Å². The van der Waals surface area contributed by atoms with Crippen molar-refractivity contribution in [1.29, 1.82) is 0 Å². The van der Waals surface area contributed by atoms with Crippen LogP contribution in [0.25, 0.3) is 21.9 Å². The lowest BCUT2D eigenvalue weighted by Gasteiger charge is -2.42. The van der Waals surface area contributed by atoms with Crippen LogP contribution in [0.3, 0.4) is 0 Å². The highest BCUT2D eigenvalue weighted by Gasteiger charge is 2.37. The summed E-state index contributed by atoms with van der Waals surface area (Å²) < 4.78 is 7.25. The fraction of sp³-hybridized carbons (Fsp3) is 0.231. The Morgan fingerprint density at radius 3 is 2.61 bits per heavy atom. The predicted octanol–water partition coefficient (Wildman–Crippen LogP) is 4.52. The lowest BCUT2D eigenvalue weighted by atomic mass is 9.82. The van der Waals surface area contributed by atoms with Gasteiger partial charge in [-0.1, -0.05) is 36.4 Å². The van der Waals surface area contributed by atoms with Crippen molar-refractivity contribution in [3.8, 4) is 11.1 Å². The number of hydrogen-bond donors (Lipinski definition) is 0. The first kappa shape index (κ1) is 18.2. The normalized spacial score (nSPS) is 19.9. The van der Waals surface area contributed by atoms with Crippen LogP contribution in [0.5, 0.6) is 0 Å². The quantitative estimate of drug-likeness (QED) is 0.488. The molecule has 1 saturated heterocycles. The summed E-state index contributed by atoms with van der Waals surface area (Å²) >= 11 is 0. The summed E-state index contributed by atoms with van der Waals surface area (Å²) in [5.41, 5.74) is 2.78. The summed E-state index contributed by atoms with van der Waals surface area (Å²) in [4.78, 5) is 28.1. The average Bonchev–Trinajstić information content (AvgIpc) is 3.34. The van der Waals surface area contributed by atoms with Gasteiger partial charge in [0.15, 0.2) is 5.76 Å². The molecule has 2 aliphatic rings. The van der Waals surface area contributed by atoms with Crippen LogP contribution in [0.15, 0.2) is 82.2 Å². The molecule has 0 unspecified atom stereocenters. The molecule has 0 spiro atoms. The van der Waals surface area contributed by atoms with E-state index < -0.39 is 0 Å². The van der Waals surface area contributed by atoms with Crippen molar-refractivity contribution >= 4 is 16.7 Å². The molecule has 2 aromatic carbocycles. The zero-order valence-corrected chi connectivity index (χ0v) is 17.0. The number of amides is 1. The molecule has 0 radical (unpaired) electrons. The summed E-state index contributed by atoms with van der Waals surface area (Å²) in [5, 5.41) is 2.30. The second kappa shape index (κ2) is 6.98. The molecule has 4 heterocycles. The Bertz CT molecular complexity index is 1350. The molecule has 2 aromatic heterocycles. The molecule has 2 aliphatic heterocycles. The fourth-order valence-electron chi connectivity index (χ4n) is 5.24. The van der Waals surface area contributed by atoms with Crippen molar-refractivity contribution in [1.82, 2.24) is 9.47 Å².